The maximum atomic E-state index is 12.3. The number of hydrogen-bond donors (Lipinski definition) is 3. The number of amides is 2. The smallest absolute Gasteiger partial charge is 0.870 e. The number of carboxylic acids is 1. The Hall–Kier alpha value is -2.44. The van der Waals surface area contributed by atoms with Crippen molar-refractivity contribution in [3.8, 4) is 0 Å². The number of aliphatic hydroxyl groups excluding tert-OH is 2. The minimum atomic E-state index is -1.05. The van der Waals surface area contributed by atoms with Crippen LogP contribution in [0.3, 0.4) is 0 Å². The fourth-order valence-corrected chi connectivity index (χ4v) is 5.44. The van der Waals surface area contributed by atoms with Gasteiger partial charge in [0.2, 0.25) is 0 Å². The van der Waals surface area contributed by atoms with Gasteiger partial charge in [-0.3, -0.25) is 14.6 Å². The summed E-state index contributed by atoms with van der Waals surface area (Å²) in [6, 6.07) is -1.75. The summed E-state index contributed by atoms with van der Waals surface area (Å²) in [5.74, 6) is -1.40. The average molecular weight is 651 g/mol. The molecule has 15 heteroatoms. The Labute approximate surface area is 283 Å². The molecule has 0 aliphatic carbocycles. The Morgan fingerprint density at radius 3 is 1.48 bits per heavy atom. The van der Waals surface area contributed by atoms with Crippen LogP contribution in [-0.4, -0.2) is 130 Å². The van der Waals surface area contributed by atoms with Gasteiger partial charge in [0.1, 0.15) is 23.9 Å². The van der Waals surface area contributed by atoms with Gasteiger partial charge in [-0.2, -0.15) is 0 Å². The predicted molar refractivity (Wildman–Crippen MR) is 162 cm³/mol. The summed E-state index contributed by atoms with van der Waals surface area (Å²) in [5, 5.41) is 26.2. The third kappa shape index (κ3) is 12.6. The molecule has 2 saturated heterocycles. The van der Waals surface area contributed by atoms with E-state index in [1.807, 2.05) is 24.3 Å². The van der Waals surface area contributed by atoms with E-state index in [0.717, 1.165) is 6.42 Å². The first-order valence-corrected chi connectivity index (χ1v) is 15.0. The van der Waals surface area contributed by atoms with Crippen molar-refractivity contribution in [2.24, 2.45) is 11.8 Å². The van der Waals surface area contributed by atoms with E-state index >= 15 is 0 Å². The number of ether oxygens (including phenoxy) is 4. The number of aliphatic hydroxyl groups is 2. The summed E-state index contributed by atoms with van der Waals surface area (Å²) in [6.45, 7) is 13.5. The number of rotatable bonds is 3. The molecule has 0 radical (unpaired) electrons. The number of carbonyl (C=O) groups excluding carboxylic acids is 3. The van der Waals surface area contributed by atoms with Gasteiger partial charge in [-0.1, -0.05) is 24.3 Å². The number of ketones is 1. The number of hydrogen-bond acceptors (Lipinski definition) is 11. The van der Waals surface area contributed by atoms with Crippen molar-refractivity contribution in [3.05, 3.63) is 24.3 Å². The molecule has 4 N–H and O–H groups in total. The molecule has 4 aliphatic heterocycles. The van der Waals surface area contributed by atoms with E-state index in [4.69, 9.17) is 24.1 Å². The van der Waals surface area contributed by atoms with E-state index in [1.54, 1.807) is 48.5 Å². The number of nitrogens with zero attached hydrogens (tertiary/aromatic N) is 2. The average Bonchev–Trinajstić information content (AvgIpc) is 3.25. The Kier molecular flexibility index (Phi) is 18.4. The summed E-state index contributed by atoms with van der Waals surface area (Å²) in [5.41, 5.74) is -1.28. The zero-order valence-corrected chi connectivity index (χ0v) is 28.4. The summed E-state index contributed by atoms with van der Waals surface area (Å²) < 4.78 is 22.0. The van der Waals surface area contributed by atoms with Gasteiger partial charge in [-0.15, -0.1) is 0 Å². The molecule has 14 nitrogen and oxygen atoms in total. The van der Waals surface area contributed by atoms with Gasteiger partial charge in [0, 0.05) is 31.5 Å². The van der Waals surface area contributed by atoms with Crippen LogP contribution in [0.25, 0.3) is 0 Å². The number of Topliss-reactive ketones (excluding diaryl/α,β-unsaturated/α-hetero) is 1. The number of aliphatic carboxylic acids is 1. The quantitative estimate of drug-likeness (QED) is 0.264. The minimum absolute atomic E-state index is 0. The van der Waals surface area contributed by atoms with Crippen molar-refractivity contribution < 1.29 is 77.8 Å². The van der Waals surface area contributed by atoms with Crippen molar-refractivity contribution in [1.29, 1.82) is 0 Å². The molecule has 6 atom stereocenters. The van der Waals surface area contributed by atoms with Gasteiger partial charge in [0.25, 0.3) is 0 Å². The van der Waals surface area contributed by atoms with Crippen LogP contribution in [0.5, 0.6) is 0 Å². The van der Waals surface area contributed by atoms with Crippen LogP contribution >= 0.6 is 0 Å². The number of allylic oxidation sites excluding steroid dienone is 2. The van der Waals surface area contributed by atoms with E-state index in [9.17, 15) is 29.4 Å². The second-order valence-corrected chi connectivity index (χ2v) is 13.0. The molecule has 2 fully saturated rings. The largest absolute Gasteiger partial charge is 1.00 e. The minimum Gasteiger partial charge on any atom is -0.870 e. The van der Waals surface area contributed by atoms with Crippen molar-refractivity contribution >= 4 is 23.9 Å². The number of fused-ring (bicyclic) bond motifs is 2. The Bertz CT molecular complexity index is 1060. The molecule has 4 rings (SSSR count). The van der Waals surface area contributed by atoms with Crippen LogP contribution in [0.4, 0.5) is 9.59 Å². The third-order valence-electron chi connectivity index (χ3n) is 7.06. The molecule has 0 unspecified atom stereocenters. The second-order valence-electron chi connectivity index (χ2n) is 13.0. The molecule has 0 saturated carbocycles. The summed E-state index contributed by atoms with van der Waals surface area (Å²) in [4.78, 5) is 50.7. The zero-order valence-electron chi connectivity index (χ0n) is 28.4. The standard InChI is InChI=1S/C15H23NO5.C14H21NO5.C2H6O.Li.H2O/c1-15(2,3)21-14(19)16-8-10-6-4-5-7-20-13(10)12(16)11(18)9-17;1-14(2,3)20-13(18)15-8-9-6-4-5-7-19-11(9)10(15)12(16)17;1-2-3;;/h4-5,10,12-13,17H,6-9H2,1-3H3;4-5,9-11H,6-8H2,1-3H3,(H,16,17);3H,2H2,1H3;;1H2/q;;;+1;/p-1/t10-,12+,13+;9-,10-,11+;;;/m00.../s1. The molecule has 0 aromatic carbocycles. The second kappa shape index (κ2) is 19.4. The van der Waals surface area contributed by atoms with E-state index in [0.29, 0.717) is 32.7 Å². The molecule has 258 valence electrons. The summed E-state index contributed by atoms with van der Waals surface area (Å²) in [6.07, 6.45) is 7.26. The van der Waals surface area contributed by atoms with Crippen molar-refractivity contribution in [3.63, 3.8) is 0 Å². The van der Waals surface area contributed by atoms with Crippen molar-refractivity contribution in [2.75, 3.05) is 39.5 Å². The van der Waals surface area contributed by atoms with E-state index in [2.05, 4.69) is 0 Å². The van der Waals surface area contributed by atoms with Crippen LogP contribution in [0.15, 0.2) is 24.3 Å². The first kappa shape index (κ1) is 43.6. The Morgan fingerprint density at radius 2 is 1.13 bits per heavy atom. The number of likely N-dealkylation sites (tertiary alicyclic amines) is 2. The van der Waals surface area contributed by atoms with Crippen LogP contribution in [-0.2, 0) is 28.5 Å². The molecule has 4 aliphatic rings. The van der Waals surface area contributed by atoms with Crippen LogP contribution in [0.1, 0.15) is 61.3 Å². The molecular weight excluding hydrogens is 599 g/mol. The molecule has 0 aromatic heterocycles. The SMILES string of the molecule is CC(C)(C)OC(=O)N1C[C@@H]2CC=CCO[C@H]2[C@H]1C(=O)CO.CC(C)(C)OC(=O)N1C[C@@H]2CC=CCO[C@H]2[C@H]1C(=O)O.CCO.[Li+].[OH-]. The molecule has 0 spiro atoms. The van der Waals surface area contributed by atoms with Gasteiger partial charge < -0.3 is 39.7 Å². The van der Waals surface area contributed by atoms with Gasteiger partial charge in [0.05, 0.1) is 25.4 Å². The van der Waals surface area contributed by atoms with E-state index < -0.39 is 59.9 Å². The maximum absolute atomic E-state index is 12.3. The normalized spacial score (nSPS) is 26.5. The topological polar surface area (TPSA) is 202 Å². The predicted octanol–water partition coefficient (Wildman–Crippen LogP) is -0.394. The first-order valence-electron chi connectivity index (χ1n) is 15.0. The maximum Gasteiger partial charge on any atom is 1.00 e. The first-order chi connectivity index (χ1) is 20.5. The van der Waals surface area contributed by atoms with Crippen LogP contribution < -0.4 is 18.9 Å². The van der Waals surface area contributed by atoms with Crippen molar-refractivity contribution in [2.45, 2.75) is 96.8 Å². The molecule has 46 heavy (non-hydrogen) atoms. The fraction of sp³-hybridized carbons (Fsp3) is 0.742. The summed E-state index contributed by atoms with van der Waals surface area (Å²) in [7, 11) is 0. The summed E-state index contributed by atoms with van der Waals surface area (Å²) >= 11 is 0. The van der Waals surface area contributed by atoms with E-state index in [-0.39, 0.29) is 48.9 Å². The fourth-order valence-electron chi connectivity index (χ4n) is 5.44. The van der Waals surface area contributed by atoms with Gasteiger partial charge in [0.15, 0.2) is 11.8 Å². The molecule has 0 bridgehead atoms. The van der Waals surface area contributed by atoms with Crippen LogP contribution in [0.2, 0.25) is 0 Å². The number of carboxylic acid groups (broad SMARTS) is 1. The third-order valence-corrected chi connectivity index (χ3v) is 7.06. The number of carbonyl (C=O) groups is 4. The monoisotopic (exact) mass is 650 g/mol. The molecule has 2 amide bonds. The van der Waals surface area contributed by atoms with Gasteiger partial charge in [-0.25, -0.2) is 14.4 Å². The molecule has 0 aromatic rings. The Morgan fingerprint density at radius 1 is 0.761 bits per heavy atom. The van der Waals surface area contributed by atoms with Gasteiger partial charge >= 0.3 is 37.0 Å². The van der Waals surface area contributed by atoms with Crippen LogP contribution in [0, 0.1) is 11.8 Å². The van der Waals surface area contributed by atoms with Gasteiger partial charge in [-0.05, 0) is 61.3 Å². The molecule has 4 heterocycles. The van der Waals surface area contributed by atoms with Crippen molar-refractivity contribution in [1.82, 2.24) is 9.80 Å². The Balaban J connectivity index is 0.000000780. The molecular formula is C31H51LiN2O12. The van der Waals surface area contributed by atoms with E-state index in [1.165, 1.54) is 9.80 Å². The zero-order chi connectivity index (χ0) is 33.2.